The SMILES string of the molecule is CC1CCN(C(=O)c2ccc(F)cc2[N+](=O)[O-])C1C(=O)O. The summed E-state index contributed by atoms with van der Waals surface area (Å²) in [6.45, 7) is 1.90. The van der Waals surface area contributed by atoms with Gasteiger partial charge in [0.05, 0.1) is 11.0 Å². The third-order valence-corrected chi connectivity index (χ3v) is 3.60. The molecule has 1 aromatic rings. The van der Waals surface area contributed by atoms with E-state index in [0.717, 1.165) is 17.0 Å². The van der Waals surface area contributed by atoms with Gasteiger partial charge in [0.2, 0.25) is 0 Å². The fourth-order valence-electron chi connectivity index (χ4n) is 2.54. The average Bonchev–Trinajstić information content (AvgIpc) is 2.79. The van der Waals surface area contributed by atoms with Crippen molar-refractivity contribution in [2.45, 2.75) is 19.4 Å². The fraction of sp³-hybridized carbons (Fsp3) is 0.385. The molecule has 21 heavy (non-hydrogen) atoms. The first-order chi connectivity index (χ1) is 9.82. The zero-order chi connectivity index (χ0) is 15.7. The lowest BCUT2D eigenvalue weighted by atomic mass is 10.0. The van der Waals surface area contributed by atoms with Crippen molar-refractivity contribution < 1.29 is 24.0 Å². The van der Waals surface area contributed by atoms with Crippen LogP contribution in [0.2, 0.25) is 0 Å². The molecule has 7 nitrogen and oxygen atoms in total. The van der Waals surface area contributed by atoms with E-state index in [1.165, 1.54) is 0 Å². The highest BCUT2D eigenvalue weighted by Crippen LogP contribution is 2.29. The molecule has 1 fully saturated rings. The van der Waals surface area contributed by atoms with Gasteiger partial charge in [0, 0.05) is 6.54 Å². The molecule has 112 valence electrons. The molecule has 1 N–H and O–H groups in total. The highest BCUT2D eigenvalue weighted by Gasteiger charge is 2.41. The van der Waals surface area contributed by atoms with Crippen LogP contribution in [0.4, 0.5) is 10.1 Å². The maximum absolute atomic E-state index is 13.1. The number of nitro groups is 1. The first kappa shape index (κ1) is 14.9. The molecule has 1 aromatic carbocycles. The first-order valence-electron chi connectivity index (χ1n) is 6.30. The predicted octanol–water partition coefficient (Wildman–Crippen LogP) is 1.67. The Bertz CT molecular complexity index is 619. The topological polar surface area (TPSA) is 101 Å². The molecule has 2 unspecified atom stereocenters. The van der Waals surface area contributed by atoms with Crippen LogP contribution in [0.25, 0.3) is 0 Å². The molecule has 1 aliphatic rings. The van der Waals surface area contributed by atoms with Crippen LogP contribution in [0.15, 0.2) is 18.2 Å². The molecule has 1 heterocycles. The summed E-state index contributed by atoms with van der Waals surface area (Å²) in [5, 5.41) is 20.1. The molecule has 0 saturated carbocycles. The molecule has 1 aliphatic heterocycles. The van der Waals surface area contributed by atoms with E-state index >= 15 is 0 Å². The number of carboxylic acid groups (broad SMARTS) is 1. The van der Waals surface area contributed by atoms with Crippen molar-refractivity contribution in [1.82, 2.24) is 4.90 Å². The van der Waals surface area contributed by atoms with Crippen LogP contribution in [-0.4, -0.2) is 39.4 Å². The molecule has 0 bridgehead atoms. The number of aliphatic carboxylic acids is 1. The van der Waals surface area contributed by atoms with Crippen LogP contribution < -0.4 is 0 Å². The number of carbonyl (C=O) groups excluding carboxylic acids is 1. The lowest BCUT2D eigenvalue weighted by molar-refractivity contribution is -0.385. The van der Waals surface area contributed by atoms with E-state index in [-0.39, 0.29) is 18.0 Å². The number of carboxylic acids is 1. The number of nitrogens with zero attached hydrogens (tertiary/aromatic N) is 2. The van der Waals surface area contributed by atoms with E-state index in [1.54, 1.807) is 6.92 Å². The Labute approximate surface area is 119 Å². The summed E-state index contributed by atoms with van der Waals surface area (Å²) in [4.78, 5) is 34.8. The van der Waals surface area contributed by atoms with Crippen molar-refractivity contribution in [3.8, 4) is 0 Å². The van der Waals surface area contributed by atoms with Gasteiger partial charge in [-0.1, -0.05) is 6.92 Å². The van der Waals surface area contributed by atoms with Crippen LogP contribution >= 0.6 is 0 Å². The summed E-state index contributed by atoms with van der Waals surface area (Å²) in [5.41, 5.74) is -0.967. The Balaban J connectivity index is 2.41. The van der Waals surface area contributed by atoms with Crippen molar-refractivity contribution in [3.63, 3.8) is 0 Å². The fourth-order valence-corrected chi connectivity index (χ4v) is 2.54. The maximum Gasteiger partial charge on any atom is 0.326 e. The number of rotatable bonds is 3. The number of benzene rings is 1. The minimum absolute atomic E-state index is 0.200. The number of halogens is 1. The van der Waals surface area contributed by atoms with Crippen LogP contribution in [0.1, 0.15) is 23.7 Å². The van der Waals surface area contributed by atoms with Gasteiger partial charge in [-0.15, -0.1) is 0 Å². The van der Waals surface area contributed by atoms with E-state index in [2.05, 4.69) is 0 Å². The number of hydrogen-bond acceptors (Lipinski definition) is 4. The molecular formula is C13H13FN2O5. The second-order valence-corrected chi connectivity index (χ2v) is 4.97. The van der Waals surface area contributed by atoms with Crippen molar-refractivity contribution in [2.24, 2.45) is 5.92 Å². The Kier molecular flexibility index (Phi) is 3.88. The number of hydrogen-bond donors (Lipinski definition) is 1. The van der Waals surface area contributed by atoms with E-state index in [1.807, 2.05) is 0 Å². The Morgan fingerprint density at radius 3 is 2.71 bits per heavy atom. The molecule has 2 atom stereocenters. The van der Waals surface area contributed by atoms with Crippen LogP contribution in [0, 0.1) is 21.8 Å². The molecule has 0 radical (unpaired) electrons. The van der Waals surface area contributed by atoms with Gasteiger partial charge < -0.3 is 10.0 Å². The molecule has 0 aliphatic carbocycles. The second-order valence-electron chi connectivity index (χ2n) is 4.97. The Morgan fingerprint density at radius 1 is 1.48 bits per heavy atom. The smallest absolute Gasteiger partial charge is 0.326 e. The third-order valence-electron chi connectivity index (χ3n) is 3.60. The summed E-state index contributed by atoms with van der Waals surface area (Å²) in [6, 6.07) is 1.58. The van der Waals surface area contributed by atoms with Gasteiger partial charge in [-0.05, 0) is 24.5 Å². The lowest BCUT2D eigenvalue weighted by Gasteiger charge is -2.23. The van der Waals surface area contributed by atoms with E-state index in [0.29, 0.717) is 12.5 Å². The zero-order valence-corrected chi connectivity index (χ0v) is 11.2. The van der Waals surface area contributed by atoms with Gasteiger partial charge in [0.1, 0.15) is 17.4 Å². The molecule has 1 amide bonds. The summed E-state index contributed by atoms with van der Waals surface area (Å²) < 4.78 is 13.1. The van der Waals surface area contributed by atoms with Gasteiger partial charge in [-0.3, -0.25) is 14.9 Å². The van der Waals surface area contributed by atoms with E-state index in [9.17, 15) is 29.2 Å². The summed E-state index contributed by atoms with van der Waals surface area (Å²) in [5.74, 6) is -3.00. The normalized spacial score (nSPS) is 21.3. The monoisotopic (exact) mass is 296 g/mol. The highest BCUT2D eigenvalue weighted by atomic mass is 19.1. The second kappa shape index (κ2) is 5.47. The minimum atomic E-state index is -1.15. The van der Waals surface area contributed by atoms with Crippen molar-refractivity contribution in [1.29, 1.82) is 0 Å². The Hall–Kier alpha value is -2.51. The number of carbonyl (C=O) groups is 2. The molecule has 0 spiro atoms. The number of amides is 1. The van der Waals surface area contributed by atoms with E-state index in [4.69, 9.17) is 0 Å². The van der Waals surface area contributed by atoms with Crippen molar-refractivity contribution in [3.05, 3.63) is 39.7 Å². The van der Waals surface area contributed by atoms with Gasteiger partial charge in [-0.25, -0.2) is 9.18 Å². The minimum Gasteiger partial charge on any atom is -0.480 e. The number of nitro benzene ring substituents is 1. The van der Waals surface area contributed by atoms with Crippen molar-refractivity contribution >= 4 is 17.6 Å². The Morgan fingerprint density at radius 2 is 2.14 bits per heavy atom. The molecule has 0 aromatic heterocycles. The van der Waals surface area contributed by atoms with Gasteiger partial charge in [-0.2, -0.15) is 0 Å². The van der Waals surface area contributed by atoms with Crippen LogP contribution in [-0.2, 0) is 4.79 Å². The average molecular weight is 296 g/mol. The molecular weight excluding hydrogens is 283 g/mol. The highest BCUT2D eigenvalue weighted by molar-refractivity contribution is 6.00. The van der Waals surface area contributed by atoms with Gasteiger partial charge in [0.25, 0.3) is 11.6 Å². The van der Waals surface area contributed by atoms with E-state index < -0.39 is 34.3 Å². The maximum atomic E-state index is 13.1. The summed E-state index contributed by atoms with van der Waals surface area (Å²) in [7, 11) is 0. The predicted molar refractivity (Wildman–Crippen MR) is 69.3 cm³/mol. The quantitative estimate of drug-likeness (QED) is 0.675. The summed E-state index contributed by atoms with van der Waals surface area (Å²) in [6.07, 6.45) is 0.498. The molecule has 8 heteroatoms. The largest absolute Gasteiger partial charge is 0.480 e. The zero-order valence-electron chi connectivity index (χ0n) is 11.2. The standard InChI is InChI=1S/C13H13FN2O5/c1-7-4-5-15(11(7)13(18)19)12(17)9-3-2-8(14)6-10(9)16(20)21/h2-3,6-7,11H,4-5H2,1H3,(H,18,19). The van der Waals surface area contributed by atoms with Crippen molar-refractivity contribution in [2.75, 3.05) is 6.54 Å². The third kappa shape index (κ3) is 2.69. The molecule has 1 saturated heterocycles. The van der Waals surface area contributed by atoms with Crippen LogP contribution in [0.3, 0.4) is 0 Å². The summed E-state index contributed by atoms with van der Waals surface area (Å²) >= 11 is 0. The van der Waals surface area contributed by atoms with Crippen LogP contribution in [0.5, 0.6) is 0 Å². The lowest BCUT2D eigenvalue weighted by Crippen LogP contribution is -2.42. The number of likely N-dealkylation sites (tertiary alicyclic amines) is 1. The first-order valence-corrected chi connectivity index (χ1v) is 6.30. The van der Waals surface area contributed by atoms with Gasteiger partial charge in [0.15, 0.2) is 0 Å². The molecule has 2 rings (SSSR count). The van der Waals surface area contributed by atoms with Gasteiger partial charge >= 0.3 is 5.97 Å².